The van der Waals surface area contributed by atoms with E-state index in [0.29, 0.717) is 5.56 Å². The smallest absolute Gasteiger partial charge is 0.419 e. The van der Waals surface area contributed by atoms with Gasteiger partial charge >= 0.3 is 6.18 Å². The lowest BCUT2D eigenvalue weighted by atomic mass is 10.0. The van der Waals surface area contributed by atoms with Crippen molar-refractivity contribution in [3.8, 4) is 5.75 Å². The lowest BCUT2D eigenvalue weighted by Gasteiger charge is -2.43. The maximum Gasteiger partial charge on any atom is 0.419 e. The zero-order chi connectivity index (χ0) is 25.9. The molecule has 0 aromatic heterocycles. The van der Waals surface area contributed by atoms with E-state index in [-0.39, 0.29) is 17.4 Å². The Balaban J connectivity index is 2.00. The fourth-order valence-electron chi connectivity index (χ4n) is 4.51. The molecule has 2 atom stereocenters. The van der Waals surface area contributed by atoms with Crippen molar-refractivity contribution >= 4 is 18.7 Å². The number of halogens is 3. The molecule has 3 nitrogen and oxygen atoms in total. The van der Waals surface area contributed by atoms with Gasteiger partial charge in [0.25, 0.3) is 8.32 Å². The van der Waals surface area contributed by atoms with Gasteiger partial charge < -0.3 is 14.9 Å². The van der Waals surface area contributed by atoms with E-state index in [1.54, 1.807) is 19.9 Å². The highest BCUT2D eigenvalue weighted by atomic mass is 28.4. The van der Waals surface area contributed by atoms with E-state index in [1.165, 1.54) is 6.07 Å². The summed E-state index contributed by atoms with van der Waals surface area (Å²) in [4.78, 5) is 0. The van der Waals surface area contributed by atoms with Crippen LogP contribution in [0.1, 0.15) is 51.8 Å². The van der Waals surface area contributed by atoms with E-state index in [1.807, 2.05) is 36.4 Å². The van der Waals surface area contributed by atoms with Crippen LogP contribution in [0, 0.1) is 0 Å². The van der Waals surface area contributed by atoms with Gasteiger partial charge in [0, 0.05) is 11.6 Å². The molecule has 0 saturated carbocycles. The first-order valence-electron chi connectivity index (χ1n) is 11.7. The number of hydrogen-bond donors (Lipinski definition) is 1. The summed E-state index contributed by atoms with van der Waals surface area (Å²) in [5.74, 6) is -0.228. The monoisotopic (exact) mass is 501 g/mol. The van der Waals surface area contributed by atoms with Crippen molar-refractivity contribution in [2.45, 2.75) is 58.0 Å². The molecule has 0 unspecified atom stereocenters. The van der Waals surface area contributed by atoms with Crippen molar-refractivity contribution in [2.75, 3.05) is 6.61 Å². The Morgan fingerprint density at radius 1 is 0.800 bits per heavy atom. The fourth-order valence-corrected chi connectivity index (χ4v) is 9.15. The predicted molar refractivity (Wildman–Crippen MR) is 138 cm³/mol. The van der Waals surface area contributed by atoms with Gasteiger partial charge in [-0.2, -0.15) is 13.2 Å². The van der Waals surface area contributed by atoms with E-state index < -0.39 is 32.2 Å². The van der Waals surface area contributed by atoms with Crippen molar-refractivity contribution in [1.29, 1.82) is 0 Å². The molecule has 0 amide bonds. The molecule has 35 heavy (non-hydrogen) atoms. The third-order valence-electron chi connectivity index (χ3n) is 6.11. The molecule has 2 N–H and O–H groups in total. The molecular weight excluding hydrogens is 467 g/mol. The number of para-hydroxylation sites is 1. The maximum atomic E-state index is 13.8. The number of ether oxygens (including phenoxy) is 1. The Bertz CT molecular complexity index is 1060. The minimum Gasteiger partial charge on any atom is -0.487 e. The number of nitrogens with two attached hydrogens (primary N) is 1. The molecule has 0 aliphatic heterocycles. The van der Waals surface area contributed by atoms with Crippen LogP contribution >= 0.6 is 0 Å². The summed E-state index contributed by atoms with van der Waals surface area (Å²) in [7, 11) is -2.84. The van der Waals surface area contributed by atoms with Crippen LogP contribution in [-0.4, -0.2) is 21.0 Å². The van der Waals surface area contributed by atoms with Gasteiger partial charge in [0.1, 0.15) is 11.9 Å². The number of alkyl halides is 3. The van der Waals surface area contributed by atoms with Gasteiger partial charge in [-0.1, -0.05) is 93.6 Å². The van der Waals surface area contributed by atoms with Gasteiger partial charge in [0.05, 0.1) is 12.2 Å². The largest absolute Gasteiger partial charge is 0.487 e. The van der Waals surface area contributed by atoms with Crippen LogP contribution < -0.4 is 20.8 Å². The van der Waals surface area contributed by atoms with Gasteiger partial charge in [0.2, 0.25) is 0 Å². The summed E-state index contributed by atoms with van der Waals surface area (Å²) in [6.07, 6.45) is -5.20. The minimum atomic E-state index is -4.56. The second kappa shape index (κ2) is 10.6. The average Bonchev–Trinajstić information content (AvgIpc) is 2.79. The van der Waals surface area contributed by atoms with Crippen LogP contribution in [-0.2, 0) is 10.6 Å². The van der Waals surface area contributed by atoms with Crippen LogP contribution in [0.5, 0.6) is 5.75 Å². The highest BCUT2D eigenvalue weighted by Gasteiger charge is 2.50. The van der Waals surface area contributed by atoms with Gasteiger partial charge in [-0.15, -0.1) is 0 Å². The summed E-state index contributed by atoms with van der Waals surface area (Å²) < 4.78 is 54.1. The molecule has 3 aromatic carbocycles. The molecule has 0 aliphatic carbocycles. The topological polar surface area (TPSA) is 44.5 Å². The van der Waals surface area contributed by atoms with Crippen LogP contribution in [0.25, 0.3) is 0 Å². The highest BCUT2D eigenvalue weighted by molar-refractivity contribution is 6.99. The average molecular weight is 502 g/mol. The van der Waals surface area contributed by atoms with Crippen molar-refractivity contribution in [1.82, 2.24) is 0 Å². The predicted octanol–water partition coefficient (Wildman–Crippen LogP) is 6.07. The second-order valence-electron chi connectivity index (χ2n) is 9.91. The Morgan fingerprint density at radius 3 is 1.74 bits per heavy atom. The van der Waals surface area contributed by atoms with E-state index in [9.17, 15) is 13.2 Å². The molecule has 3 rings (SSSR count). The summed E-state index contributed by atoms with van der Waals surface area (Å²) in [6, 6.07) is 23.5. The number of benzene rings is 3. The van der Waals surface area contributed by atoms with Crippen LogP contribution in [0.3, 0.4) is 0 Å². The van der Waals surface area contributed by atoms with E-state index in [2.05, 4.69) is 45.0 Å². The lowest BCUT2D eigenvalue weighted by molar-refractivity contribution is -0.139. The van der Waals surface area contributed by atoms with Crippen LogP contribution in [0.4, 0.5) is 13.2 Å². The summed E-state index contributed by atoms with van der Waals surface area (Å²) in [6.45, 7) is 9.95. The van der Waals surface area contributed by atoms with Crippen LogP contribution in [0.2, 0.25) is 5.04 Å². The van der Waals surface area contributed by atoms with E-state index in [4.69, 9.17) is 14.9 Å². The van der Waals surface area contributed by atoms with Gasteiger partial charge in [0.15, 0.2) is 0 Å². The normalized spacial score (nSPS) is 14.4. The molecule has 3 aromatic rings. The Kier molecular flexibility index (Phi) is 8.14. The number of hydrogen-bond acceptors (Lipinski definition) is 3. The molecule has 0 bridgehead atoms. The van der Waals surface area contributed by atoms with Gasteiger partial charge in [-0.3, -0.25) is 0 Å². The van der Waals surface area contributed by atoms with E-state index in [0.717, 1.165) is 16.4 Å². The van der Waals surface area contributed by atoms with Crippen molar-refractivity contribution in [3.05, 3.63) is 90.0 Å². The molecular formula is C28H34F3NO2Si. The minimum absolute atomic E-state index is 0.123. The zero-order valence-electron chi connectivity index (χ0n) is 20.9. The quantitative estimate of drug-likeness (QED) is 0.381. The maximum absolute atomic E-state index is 13.8. The molecule has 0 fully saturated rings. The molecule has 0 spiro atoms. The summed E-state index contributed by atoms with van der Waals surface area (Å²) in [5, 5.41) is 1.94. The summed E-state index contributed by atoms with van der Waals surface area (Å²) >= 11 is 0. The molecule has 0 saturated heterocycles. The third kappa shape index (κ3) is 5.80. The highest BCUT2D eigenvalue weighted by Crippen LogP contribution is 2.41. The standard InChI is InChI=1S/C28H34F3NO2Si/c1-20(34-26-24(21(2)32)17-12-18-25(26)28(29,30)31)19-33-35(27(3,4)5,22-13-8-6-9-14-22)23-15-10-7-11-16-23/h6-18,20-21H,19,32H2,1-5H3/t20-,21-/m1/s1. The first kappa shape index (κ1) is 27.0. The molecule has 7 heteroatoms. The molecule has 0 aliphatic rings. The summed E-state index contributed by atoms with van der Waals surface area (Å²) in [5.41, 5.74) is 5.47. The zero-order valence-corrected chi connectivity index (χ0v) is 21.9. The first-order valence-corrected chi connectivity index (χ1v) is 13.7. The van der Waals surface area contributed by atoms with Crippen LogP contribution in [0.15, 0.2) is 78.9 Å². The van der Waals surface area contributed by atoms with Gasteiger partial charge in [-0.05, 0) is 35.3 Å². The van der Waals surface area contributed by atoms with Crippen molar-refractivity contribution in [3.63, 3.8) is 0 Å². The second-order valence-corrected chi connectivity index (χ2v) is 14.2. The fraction of sp³-hybridized carbons (Fsp3) is 0.357. The van der Waals surface area contributed by atoms with Crippen molar-refractivity contribution in [2.24, 2.45) is 5.73 Å². The molecule has 0 radical (unpaired) electrons. The Hall–Kier alpha value is -2.61. The molecule has 0 heterocycles. The SMILES string of the molecule is C[C@H](CO[Si](c1ccccc1)(c1ccccc1)C(C)(C)C)Oc1c([C@@H](C)N)cccc1C(F)(F)F. The van der Waals surface area contributed by atoms with E-state index >= 15 is 0 Å². The van der Waals surface area contributed by atoms with Gasteiger partial charge in [-0.25, -0.2) is 0 Å². The Labute approximate surface area is 207 Å². The van der Waals surface area contributed by atoms with Crippen molar-refractivity contribution < 1.29 is 22.3 Å². The molecule has 188 valence electrons. The Morgan fingerprint density at radius 2 is 1.31 bits per heavy atom. The first-order chi connectivity index (χ1) is 16.4. The lowest BCUT2D eigenvalue weighted by Crippen LogP contribution is -2.67. The number of rotatable bonds is 8. The third-order valence-corrected chi connectivity index (χ3v) is 11.1.